The molecule has 1 aliphatic heterocycles. The monoisotopic (exact) mass is 280 g/mol. The van der Waals surface area contributed by atoms with E-state index in [0.29, 0.717) is 13.0 Å². The summed E-state index contributed by atoms with van der Waals surface area (Å²) >= 11 is 0. The van der Waals surface area contributed by atoms with Crippen LogP contribution >= 0.6 is 0 Å². The highest BCUT2D eigenvalue weighted by molar-refractivity contribution is 5.77. The Morgan fingerprint density at radius 1 is 1.37 bits per heavy atom. The van der Waals surface area contributed by atoms with Crippen LogP contribution in [0.15, 0.2) is 0 Å². The molecule has 0 aliphatic carbocycles. The Bertz CT molecular complexity index is 323. The number of alkyl halides is 3. The number of amides is 1. The molecule has 1 heterocycles. The van der Waals surface area contributed by atoms with Crippen molar-refractivity contribution >= 4 is 5.91 Å². The summed E-state index contributed by atoms with van der Waals surface area (Å²) in [7, 11) is 0. The summed E-state index contributed by atoms with van der Waals surface area (Å²) in [6.45, 7) is 5.93. The molecule has 6 heteroatoms. The van der Waals surface area contributed by atoms with Crippen LogP contribution < -0.4 is 5.73 Å². The molecule has 0 aromatic heterocycles. The predicted octanol–water partition coefficient (Wildman–Crippen LogP) is 2.55. The molecule has 0 radical (unpaired) electrons. The number of halogens is 3. The molecule has 0 aromatic carbocycles. The maximum absolute atomic E-state index is 12.7. The van der Waals surface area contributed by atoms with Crippen LogP contribution in [-0.2, 0) is 4.79 Å². The second-order valence-electron chi connectivity index (χ2n) is 6.40. The molecule has 0 aromatic rings. The number of piperidine rings is 1. The van der Waals surface area contributed by atoms with Crippen LogP contribution in [0.25, 0.3) is 0 Å². The molecule has 1 aliphatic rings. The Kier molecular flexibility index (Phi) is 4.87. The van der Waals surface area contributed by atoms with Gasteiger partial charge in [0.15, 0.2) is 0 Å². The van der Waals surface area contributed by atoms with E-state index in [1.165, 1.54) is 4.90 Å². The van der Waals surface area contributed by atoms with Gasteiger partial charge in [-0.2, -0.15) is 13.2 Å². The van der Waals surface area contributed by atoms with Crippen LogP contribution in [0.2, 0.25) is 0 Å². The SMILES string of the molecule is CC(C)(C)C(N)CC(=O)N1CCCC(C(F)(F)F)C1. The van der Waals surface area contributed by atoms with Crippen LogP contribution in [0.1, 0.15) is 40.0 Å². The molecule has 1 rings (SSSR count). The first kappa shape index (κ1) is 16.3. The van der Waals surface area contributed by atoms with E-state index in [1.54, 1.807) is 0 Å². The van der Waals surface area contributed by atoms with Crippen molar-refractivity contribution in [3.63, 3.8) is 0 Å². The number of hydrogen-bond donors (Lipinski definition) is 1. The number of rotatable bonds is 2. The topological polar surface area (TPSA) is 46.3 Å². The van der Waals surface area contributed by atoms with Gasteiger partial charge in [0, 0.05) is 25.6 Å². The Hall–Kier alpha value is -0.780. The first-order valence-electron chi connectivity index (χ1n) is 6.62. The summed E-state index contributed by atoms with van der Waals surface area (Å²) in [4.78, 5) is 13.3. The fourth-order valence-corrected chi connectivity index (χ4v) is 2.09. The van der Waals surface area contributed by atoms with E-state index < -0.39 is 12.1 Å². The van der Waals surface area contributed by atoms with Crippen molar-refractivity contribution in [3.8, 4) is 0 Å². The Morgan fingerprint density at radius 2 is 1.95 bits per heavy atom. The maximum Gasteiger partial charge on any atom is 0.393 e. The molecule has 2 N–H and O–H groups in total. The van der Waals surface area contributed by atoms with Crippen LogP contribution in [0, 0.1) is 11.3 Å². The lowest BCUT2D eigenvalue weighted by atomic mass is 9.85. The standard InChI is InChI=1S/C13H23F3N2O/c1-12(2,3)10(17)7-11(19)18-6-4-5-9(8-18)13(14,15)16/h9-10H,4-8,17H2,1-3H3. The highest BCUT2D eigenvalue weighted by Gasteiger charge is 2.42. The number of hydrogen-bond acceptors (Lipinski definition) is 2. The third kappa shape index (κ3) is 4.67. The molecule has 19 heavy (non-hydrogen) atoms. The number of likely N-dealkylation sites (tertiary alicyclic amines) is 1. The zero-order valence-electron chi connectivity index (χ0n) is 11.8. The van der Waals surface area contributed by atoms with Crippen LogP contribution in [0.3, 0.4) is 0 Å². The molecule has 0 saturated carbocycles. The normalized spacial score (nSPS) is 23.3. The number of nitrogens with zero attached hydrogens (tertiary/aromatic N) is 1. The third-order valence-corrected chi connectivity index (χ3v) is 3.74. The van der Waals surface area contributed by atoms with Gasteiger partial charge in [-0.25, -0.2) is 0 Å². The second-order valence-corrected chi connectivity index (χ2v) is 6.40. The van der Waals surface area contributed by atoms with Gasteiger partial charge in [0.1, 0.15) is 0 Å². The van der Waals surface area contributed by atoms with Crippen molar-refractivity contribution in [2.45, 2.75) is 52.3 Å². The lowest BCUT2D eigenvalue weighted by Gasteiger charge is -2.35. The van der Waals surface area contributed by atoms with Crippen molar-refractivity contribution in [2.24, 2.45) is 17.1 Å². The van der Waals surface area contributed by atoms with Gasteiger partial charge in [0.25, 0.3) is 0 Å². The Labute approximate surface area is 112 Å². The molecule has 1 saturated heterocycles. The smallest absolute Gasteiger partial charge is 0.342 e. The molecule has 3 nitrogen and oxygen atoms in total. The molecule has 0 spiro atoms. The van der Waals surface area contributed by atoms with Gasteiger partial charge in [-0.3, -0.25) is 4.79 Å². The summed E-state index contributed by atoms with van der Waals surface area (Å²) in [5.41, 5.74) is 5.68. The molecule has 1 amide bonds. The van der Waals surface area contributed by atoms with Crippen LogP contribution in [0.5, 0.6) is 0 Å². The van der Waals surface area contributed by atoms with Crippen molar-refractivity contribution in [1.82, 2.24) is 4.90 Å². The molecule has 112 valence electrons. The molecular formula is C13H23F3N2O. The van der Waals surface area contributed by atoms with Crippen LogP contribution in [-0.4, -0.2) is 36.1 Å². The maximum atomic E-state index is 12.7. The van der Waals surface area contributed by atoms with Crippen molar-refractivity contribution in [2.75, 3.05) is 13.1 Å². The Balaban J connectivity index is 2.58. The fraction of sp³-hybridized carbons (Fsp3) is 0.923. The van der Waals surface area contributed by atoms with Crippen molar-refractivity contribution in [3.05, 3.63) is 0 Å². The van der Waals surface area contributed by atoms with E-state index in [1.807, 2.05) is 20.8 Å². The Morgan fingerprint density at radius 3 is 2.42 bits per heavy atom. The van der Waals surface area contributed by atoms with E-state index in [0.717, 1.165) is 0 Å². The third-order valence-electron chi connectivity index (χ3n) is 3.74. The first-order chi connectivity index (χ1) is 8.51. The van der Waals surface area contributed by atoms with E-state index in [2.05, 4.69) is 0 Å². The van der Waals surface area contributed by atoms with Gasteiger partial charge < -0.3 is 10.6 Å². The molecule has 2 atom stereocenters. The molecule has 2 unspecified atom stereocenters. The van der Waals surface area contributed by atoms with Crippen molar-refractivity contribution < 1.29 is 18.0 Å². The molecule has 0 bridgehead atoms. The summed E-state index contributed by atoms with van der Waals surface area (Å²) in [5.74, 6) is -1.66. The second kappa shape index (κ2) is 5.69. The van der Waals surface area contributed by atoms with E-state index in [4.69, 9.17) is 5.73 Å². The van der Waals surface area contributed by atoms with Gasteiger partial charge in [-0.1, -0.05) is 20.8 Å². The summed E-state index contributed by atoms with van der Waals surface area (Å²) < 4.78 is 38.0. The minimum absolute atomic E-state index is 0.105. The summed E-state index contributed by atoms with van der Waals surface area (Å²) in [6, 6.07) is -0.341. The largest absolute Gasteiger partial charge is 0.393 e. The first-order valence-corrected chi connectivity index (χ1v) is 6.62. The summed E-state index contributed by atoms with van der Waals surface area (Å²) in [5, 5.41) is 0. The number of carbonyl (C=O) groups excluding carboxylic acids is 1. The van der Waals surface area contributed by atoms with Crippen LogP contribution in [0.4, 0.5) is 13.2 Å². The predicted molar refractivity (Wildman–Crippen MR) is 67.4 cm³/mol. The molecule has 1 fully saturated rings. The van der Waals surface area contributed by atoms with Gasteiger partial charge in [0.2, 0.25) is 5.91 Å². The highest BCUT2D eigenvalue weighted by atomic mass is 19.4. The van der Waals surface area contributed by atoms with Gasteiger partial charge in [-0.05, 0) is 18.3 Å². The minimum Gasteiger partial charge on any atom is -0.342 e. The van der Waals surface area contributed by atoms with Gasteiger partial charge in [0.05, 0.1) is 5.92 Å². The van der Waals surface area contributed by atoms with Gasteiger partial charge >= 0.3 is 6.18 Å². The van der Waals surface area contributed by atoms with E-state index in [-0.39, 0.29) is 36.8 Å². The minimum atomic E-state index is -4.22. The highest BCUT2D eigenvalue weighted by Crippen LogP contribution is 2.33. The average Bonchev–Trinajstić information content (AvgIpc) is 2.26. The van der Waals surface area contributed by atoms with E-state index in [9.17, 15) is 18.0 Å². The zero-order valence-corrected chi connectivity index (χ0v) is 11.8. The average molecular weight is 280 g/mol. The number of nitrogens with two attached hydrogens (primary N) is 1. The quantitative estimate of drug-likeness (QED) is 0.845. The number of carbonyl (C=O) groups is 1. The zero-order chi connectivity index (χ0) is 14.8. The molecular weight excluding hydrogens is 257 g/mol. The van der Waals surface area contributed by atoms with Crippen molar-refractivity contribution in [1.29, 1.82) is 0 Å². The lowest BCUT2D eigenvalue weighted by Crippen LogP contribution is -2.47. The summed E-state index contributed by atoms with van der Waals surface area (Å²) in [6.07, 6.45) is -3.60. The fourth-order valence-electron chi connectivity index (χ4n) is 2.09. The van der Waals surface area contributed by atoms with E-state index >= 15 is 0 Å². The lowest BCUT2D eigenvalue weighted by molar-refractivity contribution is -0.188. The van der Waals surface area contributed by atoms with Gasteiger partial charge in [-0.15, -0.1) is 0 Å².